The van der Waals surface area contributed by atoms with Crippen molar-refractivity contribution in [3.63, 3.8) is 0 Å². The molecule has 130 valence electrons. The van der Waals surface area contributed by atoms with Crippen LogP contribution in [-0.4, -0.2) is 44.4 Å². The fraction of sp³-hybridized carbons (Fsp3) is 0.600. The molecule has 1 aliphatic heterocycles. The summed E-state index contributed by atoms with van der Waals surface area (Å²) < 4.78 is 71.3. The number of ether oxygens (including phenoxy) is 1. The van der Waals surface area contributed by atoms with E-state index in [2.05, 4.69) is 5.32 Å². The third-order valence-corrected chi connectivity index (χ3v) is 3.94. The van der Waals surface area contributed by atoms with E-state index in [4.69, 9.17) is 4.74 Å². The second-order valence-electron chi connectivity index (χ2n) is 5.43. The van der Waals surface area contributed by atoms with Gasteiger partial charge < -0.3 is 10.1 Å². The Morgan fingerprint density at radius 2 is 1.87 bits per heavy atom. The summed E-state index contributed by atoms with van der Waals surface area (Å²) in [5.41, 5.74) is -0.351. The largest absolute Gasteiger partial charge is 0.494 e. The summed E-state index contributed by atoms with van der Waals surface area (Å²) in [6, 6.07) is 1.18. The molecule has 2 rings (SSSR count). The molecule has 0 saturated carbocycles. The molecular weight excluding hydrogens is 319 g/mol. The summed E-state index contributed by atoms with van der Waals surface area (Å²) in [6.07, 6.45) is -5.87. The normalized spacial score (nSPS) is 18.0. The Kier molecular flexibility index (Phi) is 5.80. The average Bonchev–Trinajstić information content (AvgIpc) is 2.50. The van der Waals surface area contributed by atoms with Crippen molar-refractivity contribution in [2.45, 2.75) is 25.1 Å². The van der Waals surface area contributed by atoms with Gasteiger partial charge in [-0.2, -0.15) is 13.2 Å². The summed E-state index contributed by atoms with van der Waals surface area (Å²) in [6.45, 7) is 1.99. The summed E-state index contributed by atoms with van der Waals surface area (Å²) in [7, 11) is 1.23. The van der Waals surface area contributed by atoms with Crippen LogP contribution in [0.3, 0.4) is 0 Å². The van der Waals surface area contributed by atoms with Crippen molar-refractivity contribution in [3.05, 3.63) is 29.3 Å². The molecule has 0 radical (unpaired) electrons. The van der Waals surface area contributed by atoms with Gasteiger partial charge in [0.2, 0.25) is 0 Å². The van der Waals surface area contributed by atoms with E-state index in [0.717, 1.165) is 12.1 Å². The van der Waals surface area contributed by atoms with Crippen molar-refractivity contribution in [1.29, 1.82) is 0 Å². The van der Waals surface area contributed by atoms with Crippen LogP contribution in [0.1, 0.15) is 24.4 Å². The van der Waals surface area contributed by atoms with Gasteiger partial charge in [0.15, 0.2) is 11.6 Å². The lowest BCUT2D eigenvalue weighted by Gasteiger charge is -2.35. The smallest absolute Gasteiger partial charge is 0.389 e. The number of rotatable bonds is 5. The van der Waals surface area contributed by atoms with Gasteiger partial charge in [0, 0.05) is 44.2 Å². The van der Waals surface area contributed by atoms with Gasteiger partial charge in [0.1, 0.15) is 5.82 Å². The number of halogens is 5. The first kappa shape index (κ1) is 17.9. The van der Waals surface area contributed by atoms with Crippen molar-refractivity contribution >= 4 is 0 Å². The van der Waals surface area contributed by atoms with E-state index in [1.54, 1.807) is 4.90 Å². The SMILES string of the molecule is COc1ccc(F)c([C@H](CCC(F)(F)F)N2CCNCC2)c1F. The van der Waals surface area contributed by atoms with E-state index in [1.807, 2.05) is 0 Å². The van der Waals surface area contributed by atoms with Crippen LogP contribution >= 0.6 is 0 Å². The third-order valence-electron chi connectivity index (χ3n) is 3.94. The highest BCUT2D eigenvalue weighted by molar-refractivity contribution is 5.34. The molecule has 8 heteroatoms. The molecule has 1 aliphatic rings. The Morgan fingerprint density at radius 3 is 2.43 bits per heavy atom. The van der Waals surface area contributed by atoms with Gasteiger partial charge >= 0.3 is 6.18 Å². The predicted molar refractivity (Wildman–Crippen MR) is 75.4 cm³/mol. The number of nitrogens with zero attached hydrogens (tertiary/aromatic N) is 1. The van der Waals surface area contributed by atoms with Gasteiger partial charge in [-0.3, -0.25) is 4.90 Å². The lowest BCUT2D eigenvalue weighted by molar-refractivity contribution is -0.138. The molecular formula is C15H19F5N2O. The molecule has 3 nitrogen and oxygen atoms in total. The number of benzene rings is 1. The van der Waals surface area contributed by atoms with Crippen LogP contribution < -0.4 is 10.1 Å². The fourth-order valence-electron chi connectivity index (χ4n) is 2.82. The zero-order valence-electron chi connectivity index (χ0n) is 12.7. The lowest BCUT2D eigenvalue weighted by Crippen LogP contribution is -2.45. The highest BCUT2D eigenvalue weighted by Crippen LogP contribution is 2.36. The number of piperazine rings is 1. The molecule has 1 atom stereocenters. The van der Waals surface area contributed by atoms with E-state index in [1.165, 1.54) is 7.11 Å². The molecule has 1 heterocycles. The van der Waals surface area contributed by atoms with Gasteiger partial charge in [0.05, 0.1) is 7.11 Å². The van der Waals surface area contributed by atoms with Crippen LogP contribution in [0, 0.1) is 11.6 Å². The van der Waals surface area contributed by atoms with E-state index in [-0.39, 0.29) is 11.3 Å². The molecule has 0 amide bonds. The molecule has 1 aromatic rings. The molecule has 0 aliphatic carbocycles. The molecule has 0 aromatic heterocycles. The Morgan fingerprint density at radius 1 is 1.22 bits per heavy atom. The summed E-state index contributed by atoms with van der Waals surface area (Å²) in [4.78, 5) is 1.68. The second-order valence-corrected chi connectivity index (χ2v) is 5.43. The minimum atomic E-state index is -4.38. The maximum absolute atomic E-state index is 14.5. The molecule has 23 heavy (non-hydrogen) atoms. The third kappa shape index (κ3) is 4.54. The van der Waals surface area contributed by atoms with Crippen LogP contribution in [-0.2, 0) is 0 Å². The van der Waals surface area contributed by atoms with Crippen LogP contribution in [0.2, 0.25) is 0 Å². The summed E-state index contributed by atoms with van der Waals surface area (Å²) >= 11 is 0. The maximum Gasteiger partial charge on any atom is 0.389 e. The Balaban J connectivity index is 2.36. The van der Waals surface area contributed by atoms with Crippen LogP contribution in [0.25, 0.3) is 0 Å². The number of hydrogen-bond acceptors (Lipinski definition) is 3. The van der Waals surface area contributed by atoms with Crippen molar-refractivity contribution in [2.75, 3.05) is 33.3 Å². The number of nitrogens with one attached hydrogen (secondary N) is 1. The molecule has 0 bridgehead atoms. The van der Waals surface area contributed by atoms with Crippen molar-refractivity contribution < 1.29 is 26.7 Å². The number of alkyl halides is 3. The first-order chi connectivity index (χ1) is 10.8. The van der Waals surface area contributed by atoms with Gasteiger partial charge in [-0.15, -0.1) is 0 Å². The fourth-order valence-corrected chi connectivity index (χ4v) is 2.82. The first-order valence-corrected chi connectivity index (χ1v) is 7.37. The van der Waals surface area contributed by atoms with Crippen molar-refractivity contribution in [3.8, 4) is 5.75 Å². The highest BCUT2D eigenvalue weighted by atomic mass is 19.4. The average molecular weight is 338 g/mol. The molecule has 1 N–H and O–H groups in total. The van der Waals surface area contributed by atoms with Crippen LogP contribution in [0.15, 0.2) is 12.1 Å². The molecule has 1 saturated heterocycles. The minimum Gasteiger partial charge on any atom is -0.494 e. The Labute approximate surface area is 131 Å². The molecule has 1 fully saturated rings. The van der Waals surface area contributed by atoms with E-state index >= 15 is 0 Å². The summed E-state index contributed by atoms with van der Waals surface area (Å²) in [5.74, 6) is -1.96. The van der Waals surface area contributed by atoms with Crippen LogP contribution in [0.5, 0.6) is 5.75 Å². The van der Waals surface area contributed by atoms with Crippen molar-refractivity contribution in [2.24, 2.45) is 0 Å². The topological polar surface area (TPSA) is 24.5 Å². The number of hydrogen-bond donors (Lipinski definition) is 1. The van der Waals surface area contributed by atoms with E-state index in [0.29, 0.717) is 26.2 Å². The Bertz CT molecular complexity index is 529. The van der Waals surface area contributed by atoms with Gasteiger partial charge in [0.25, 0.3) is 0 Å². The minimum absolute atomic E-state index is 0.173. The van der Waals surface area contributed by atoms with Crippen LogP contribution in [0.4, 0.5) is 22.0 Å². The zero-order valence-corrected chi connectivity index (χ0v) is 12.7. The molecule has 0 unspecified atom stereocenters. The quantitative estimate of drug-likeness (QED) is 0.834. The lowest BCUT2D eigenvalue weighted by atomic mass is 9.97. The molecule has 0 spiro atoms. The van der Waals surface area contributed by atoms with Gasteiger partial charge in [-0.05, 0) is 18.6 Å². The molecule has 1 aromatic carbocycles. The predicted octanol–water partition coefficient (Wildman–Crippen LogP) is 3.26. The van der Waals surface area contributed by atoms with Gasteiger partial charge in [-0.25, -0.2) is 8.78 Å². The standard InChI is InChI=1S/C15H19F5N2O/c1-23-12-3-2-10(16)13(14(12)17)11(4-5-15(18,19)20)22-8-6-21-7-9-22/h2-3,11,21H,4-9H2,1H3/t11-/m0/s1. The van der Waals surface area contributed by atoms with E-state index < -0.39 is 36.7 Å². The summed E-state index contributed by atoms with van der Waals surface area (Å²) in [5, 5.41) is 3.07. The number of methoxy groups -OCH3 is 1. The van der Waals surface area contributed by atoms with Crippen molar-refractivity contribution in [1.82, 2.24) is 10.2 Å². The van der Waals surface area contributed by atoms with Gasteiger partial charge in [-0.1, -0.05) is 0 Å². The first-order valence-electron chi connectivity index (χ1n) is 7.37. The monoisotopic (exact) mass is 338 g/mol. The van der Waals surface area contributed by atoms with E-state index in [9.17, 15) is 22.0 Å². The maximum atomic E-state index is 14.5. The highest BCUT2D eigenvalue weighted by Gasteiger charge is 2.34. The second kappa shape index (κ2) is 7.44. The Hall–Kier alpha value is -1.41. The zero-order chi connectivity index (χ0) is 17.0.